The van der Waals surface area contributed by atoms with E-state index in [1.807, 2.05) is 29.4 Å². The molecule has 2 atom stereocenters. The van der Waals surface area contributed by atoms with Crippen molar-refractivity contribution in [3.8, 4) is 0 Å². The first-order chi connectivity index (χ1) is 13.9. The normalized spacial score (nSPS) is 26.2. The Labute approximate surface area is 168 Å². The number of pyridine rings is 2. The van der Waals surface area contributed by atoms with Gasteiger partial charge in [0.25, 0.3) is 5.91 Å². The van der Waals surface area contributed by atoms with E-state index in [1.165, 1.54) is 10.6 Å². The Balaban J connectivity index is 1.38. The number of fused-ring (bicyclic) bond motifs is 3. The van der Waals surface area contributed by atoms with Crippen molar-refractivity contribution in [2.75, 3.05) is 0 Å². The molecule has 3 aromatic rings. The van der Waals surface area contributed by atoms with Crippen molar-refractivity contribution in [2.45, 2.75) is 49.9 Å². The Bertz CT molecular complexity index is 1130. The molecule has 29 heavy (non-hydrogen) atoms. The molecule has 1 amide bonds. The van der Waals surface area contributed by atoms with Gasteiger partial charge >= 0.3 is 0 Å². The quantitative estimate of drug-likeness (QED) is 0.739. The molecule has 5 rings (SSSR count). The van der Waals surface area contributed by atoms with Crippen molar-refractivity contribution in [2.24, 2.45) is 7.05 Å². The highest BCUT2D eigenvalue weighted by molar-refractivity contribution is 5.94. The number of carbonyl (C=O) groups excluding carboxylic acids is 1. The van der Waals surface area contributed by atoms with Crippen molar-refractivity contribution in [3.63, 3.8) is 0 Å². The molecule has 0 aliphatic carbocycles. The van der Waals surface area contributed by atoms with Crippen LogP contribution in [0.3, 0.4) is 0 Å². The molecule has 7 heteroatoms. The second kappa shape index (κ2) is 6.56. The van der Waals surface area contributed by atoms with E-state index in [-0.39, 0.29) is 23.6 Å². The van der Waals surface area contributed by atoms with Gasteiger partial charge in [0.15, 0.2) is 0 Å². The second-order valence-electron chi connectivity index (χ2n) is 8.48. The van der Waals surface area contributed by atoms with Gasteiger partial charge in [-0.1, -0.05) is 0 Å². The maximum absolute atomic E-state index is 13.1. The maximum atomic E-state index is 13.1. The molecule has 7 nitrogen and oxygen atoms in total. The van der Waals surface area contributed by atoms with Gasteiger partial charge < -0.3 is 19.1 Å². The summed E-state index contributed by atoms with van der Waals surface area (Å²) >= 11 is 0. The zero-order valence-corrected chi connectivity index (χ0v) is 16.4. The fourth-order valence-electron chi connectivity index (χ4n) is 5.14. The average molecular weight is 392 g/mol. The third-order valence-electron chi connectivity index (χ3n) is 6.46. The van der Waals surface area contributed by atoms with Crippen LogP contribution in [0.1, 0.15) is 36.0 Å². The first-order valence-corrected chi connectivity index (χ1v) is 10.0. The van der Waals surface area contributed by atoms with Crippen molar-refractivity contribution in [1.29, 1.82) is 0 Å². The molecule has 2 aliphatic heterocycles. The molecule has 0 aromatic carbocycles. The number of amides is 1. The summed E-state index contributed by atoms with van der Waals surface area (Å²) in [6.45, 7) is 0.497. The van der Waals surface area contributed by atoms with Crippen molar-refractivity contribution in [3.05, 3.63) is 65.0 Å². The molecule has 2 bridgehead atoms. The number of aryl methyl sites for hydroxylation is 1. The lowest BCUT2D eigenvalue weighted by atomic mass is 9.85. The van der Waals surface area contributed by atoms with E-state index in [4.69, 9.17) is 0 Å². The van der Waals surface area contributed by atoms with Crippen LogP contribution < -0.4 is 5.56 Å². The number of aliphatic hydroxyl groups is 1. The summed E-state index contributed by atoms with van der Waals surface area (Å²) in [5.41, 5.74) is 0.549. The largest absolute Gasteiger partial charge is 0.388 e. The van der Waals surface area contributed by atoms with E-state index in [0.717, 1.165) is 23.7 Å². The lowest BCUT2D eigenvalue weighted by Crippen LogP contribution is -2.54. The number of hydrogen-bond donors (Lipinski definition) is 1. The Hall–Kier alpha value is -2.93. The molecule has 2 saturated heterocycles. The first kappa shape index (κ1) is 18.1. The molecule has 2 aliphatic rings. The lowest BCUT2D eigenvalue weighted by Gasteiger charge is -2.44. The van der Waals surface area contributed by atoms with Gasteiger partial charge in [0.1, 0.15) is 0 Å². The molecule has 0 saturated carbocycles. The summed E-state index contributed by atoms with van der Waals surface area (Å²) < 4.78 is 3.49. The zero-order valence-electron chi connectivity index (χ0n) is 16.4. The van der Waals surface area contributed by atoms with Gasteiger partial charge in [-0.05, 0) is 43.9 Å². The average Bonchev–Trinajstić information content (AvgIpc) is 3.22. The minimum atomic E-state index is -0.853. The number of nitrogens with zero attached hydrogens (tertiary/aromatic N) is 4. The number of rotatable bonds is 3. The Kier molecular flexibility index (Phi) is 4.10. The summed E-state index contributed by atoms with van der Waals surface area (Å²) in [7, 11) is 1.65. The van der Waals surface area contributed by atoms with Crippen LogP contribution in [0.5, 0.6) is 0 Å². The number of piperidine rings is 1. The van der Waals surface area contributed by atoms with Gasteiger partial charge in [0.05, 0.1) is 29.4 Å². The number of hydrogen-bond acceptors (Lipinski definition) is 4. The molecule has 1 N–H and O–H groups in total. The summed E-state index contributed by atoms with van der Waals surface area (Å²) in [6, 6.07) is 7.07. The highest BCUT2D eigenvalue weighted by Crippen LogP contribution is 2.42. The smallest absolute Gasteiger partial charge is 0.255 e. The van der Waals surface area contributed by atoms with Crippen LogP contribution in [0.4, 0.5) is 0 Å². The Morgan fingerprint density at radius 2 is 1.97 bits per heavy atom. The van der Waals surface area contributed by atoms with Gasteiger partial charge in [0, 0.05) is 49.2 Å². The molecule has 0 radical (unpaired) electrons. The summed E-state index contributed by atoms with van der Waals surface area (Å²) in [5.74, 6) is -0.0502. The van der Waals surface area contributed by atoms with Gasteiger partial charge in [0.2, 0.25) is 5.56 Å². The van der Waals surface area contributed by atoms with Crippen LogP contribution in [0.2, 0.25) is 0 Å². The van der Waals surface area contributed by atoms with Crippen LogP contribution in [0, 0.1) is 0 Å². The Morgan fingerprint density at radius 3 is 2.69 bits per heavy atom. The SMILES string of the molecule is Cn1cc(C(=O)N2C3CCC2CC(O)(Cn2ccc4ccncc42)C3)ccc1=O. The first-order valence-electron chi connectivity index (χ1n) is 10.0. The van der Waals surface area contributed by atoms with E-state index in [2.05, 4.69) is 9.55 Å². The predicted octanol–water partition coefficient (Wildman–Crippen LogP) is 1.93. The molecule has 3 aromatic heterocycles. The van der Waals surface area contributed by atoms with E-state index in [0.29, 0.717) is 24.9 Å². The fraction of sp³-hybridized carbons (Fsp3) is 0.409. The molecule has 150 valence electrons. The second-order valence-corrected chi connectivity index (χ2v) is 8.48. The Morgan fingerprint density at radius 1 is 1.21 bits per heavy atom. The molecular weight excluding hydrogens is 368 g/mol. The van der Waals surface area contributed by atoms with Crippen molar-refractivity contribution < 1.29 is 9.90 Å². The highest BCUT2D eigenvalue weighted by atomic mass is 16.3. The summed E-state index contributed by atoms with van der Waals surface area (Å²) in [5, 5.41) is 12.5. The van der Waals surface area contributed by atoms with Crippen molar-refractivity contribution >= 4 is 16.8 Å². The van der Waals surface area contributed by atoms with Crippen LogP contribution in [0.15, 0.2) is 53.8 Å². The predicted molar refractivity (Wildman–Crippen MR) is 109 cm³/mol. The van der Waals surface area contributed by atoms with Gasteiger partial charge in [-0.25, -0.2) is 0 Å². The minimum Gasteiger partial charge on any atom is -0.388 e. The fourth-order valence-corrected chi connectivity index (χ4v) is 5.14. The molecule has 2 fully saturated rings. The zero-order chi connectivity index (χ0) is 20.2. The molecular formula is C22H24N4O3. The van der Waals surface area contributed by atoms with Gasteiger partial charge in [-0.2, -0.15) is 0 Å². The maximum Gasteiger partial charge on any atom is 0.255 e. The lowest BCUT2D eigenvalue weighted by molar-refractivity contribution is -0.0533. The third-order valence-corrected chi connectivity index (χ3v) is 6.46. The van der Waals surface area contributed by atoms with Gasteiger partial charge in [-0.3, -0.25) is 14.6 Å². The molecule has 0 spiro atoms. The monoisotopic (exact) mass is 392 g/mol. The van der Waals surface area contributed by atoms with E-state index < -0.39 is 5.60 Å². The highest BCUT2D eigenvalue weighted by Gasteiger charge is 2.49. The van der Waals surface area contributed by atoms with Crippen LogP contribution in [-0.2, 0) is 13.6 Å². The van der Waals surface area contributed by atoms with E-state index in [1.54, 1.807) is 25.5 Å². The number of aromatic nitrogens is 3. The van der Waals surface area contributed by atoms with Crippen LogP contribution >= 0.6 is 0 Å². The summed E-state index contributed by atoms with van der Waals surface area (Å²) in [4.78, 5) is 30.9. The number of carbonyl (C=O) groups is 1. The summed E-state index contributed by atoms with van der Waals surface area (Å²) in [6.07, 6.45) is 10.1. The van der Waals surface area contributed by atoms with Crippen LogP contribution in [0.25, 0.3) is 10.9 Å². The van der Waals surface area contributed by atoms with E-state index >= 15 is 0 Å². The minimum absolute atomic E-state index is 0.0171. The molecule has 5 heterocycles. The topological polar surface area (TPSA) is 80.4 Å². The van der Waals surface area contributed by atoms with Crippen LogP contribution in [-0.4, -0.2) is 47.7 Å². The van der Waals surface area contributed by atoms with E-state index in [9.17, 15) is 14.7 Å². The van der Waals surface area contributed by atoms with Crippen molar-refractivity contribution in [1.82, 2.24) is 19.0 Å². The standard InChI is InChI=1S/C22H24N4O3/c1-24-13-16(2-5-20(24)27)21(28)26-17-3-4-18(26)11-22(29,10-17)14-25-9-7-15-6-8-23-12-19(15)25/h2,5-9,12-13,17-18,29H,3-4,10-11,14H2,1H3. The third kappa shape index (κ3) is 3.06. The van der Waals surface area contributed by atoms with Gasteiger partial charge in [-0.15, -0.1) is 0 Å². The molecule has 2 unspecified atom stereocenters.